The maximum Gasteiger partial charge on any atom is 0.460 e. The van der Waals surface area contributed by atoms with Gasteiger partial charge in [0.2, 0.25) is 0 Å². The van der Waals surface area contributed by atoms with Gasteiger partial charge in [-0.1, -0.05) is 41.6 Å². The predicted octanol–water partition coefficient (Wildman–Crippen LogP) is 5.10. The van der Waals surface area contributed by atoms with Crippen LogP contribution >= 0.6 is 15.9 Å². The van der Waals surface area contributed by atoms with Crippen molar-refractivity contribution in [2.24, 2.45) is 0 Å². The Balaban J connectivity index is 4.16. The molecule has 0 amide bonds. The van der Waals surface area contributed by atoms with Gasteiger partial charge in [-0.25, -0.2) is 4.79 Å². The average Bonchev–Trinajstić information content (AvgIpc) is 2.39. The summed E-state index contributed by atoms with van der Waals surface area (Å²) in [6, 6.07) is 0. The topological polar surface area (TPSA) is 26.3 Å². The zero-order valence-corrected chi connectivity index (χ0v) is 13.1. The van der Waals surface area contributed by atoms with Crippen LogP contribution in [0.5, 0.6) is 0 Å². The number of ether oxygens (including phenoxy) is 1. The zero-order valence-electron chi connectivity index (χ0n) is 11.5. The monoisotopic (exact) mass is 404 g/mol. The number of unbranched alkanes of at least 4 members (excludes halogenated alkanes) is 5. The second-order valence-corrected chi connectivity index (χ2v) is 5.39. The van der Waals surface area contributed by atoms with Crippen LogP contribution < -0.4 is 0 Å². The van der Waals surface area contributed by atoms with E-state index in [0.29, 0.717) is 6.42 Å². The molecule has 0 fully saturated rings. The summed E-state index contributed by atoms with van der Waals surface area (Å²) in [7, 11) is 0. The number of hydrogen-bond donors (Lipinski definition) is 0. The molecule has 0 spiro atoms. The van der Waals surface area contributed by atoms with Crippen LogP contribution in [0.25, 0.3) is 0 Å². The molecule has 0 rings (SSSR count). The van der Waals surface area contributed by atoms with Crippen LogP contribution in [0.4, 0.5) is 30.7 Å². The van der Waals surface area contributed by atoms with Crippen LogP contribution in [0.3, 0.4) is 0 Å². The largest absolute Gasteiger partial charge is 0.461 e. The third-order valence-corrected chi connectivity index (χ3v) is 3.33. The lowest BCUT2D eigenvalue weighted by Crippen LogP contribution is -2.56. The van der Waals surface area contributed by atoms with Crippen molar-refractivity contribution in [3.8, 4) is 0 Å². The first kappa shape index (κ1) is 21.5. The van der Waals surface area contributed by atoms with E-state index >= 15 is 0 Å². The van der Waals surface area contributed by atoms with Crippen molar-refractivity contribution in [2.75, 3.05) is 11.9 Å². The lowest BCUT2D eigenvalue weighted by Gasteiger charge is -2.26. The van der Waals surface area contributed by atoms with Crippen molar-refractivity contribution in [3.63, 3.8) is 0 Å². The summed E-state index contributed by atoms with van der Waals surface area (Å²) in [5.74, 6) is -15.3. The second-order valence-electron chi connectivity index (χ2n) is 4.59. The lowest BCUT2D eigenvalue weighted by atomic mass is 10.1. The third kappa shape index (κ3) is 5.92. The molecule has 10 heteroatoms. The first-order valence-electron chi connectivity index (χ1n) is 6.54. The smallest absolute Gasteiger partial charge is 0.460 e. The quantitative estimate of drug-likeness (QED) is 0.219. The van der Waals surface area contributed by atoms with Crippen molar-refractivity contribution in [2.45, 2.75) is 56.5 Å². The maximum absolute atomic E-state index is 12.9. The van der Waals surface area contributed by atoms with Crippen LogP contribution in [0.15, 0.2) is 0 Å². The molecule has 132 valence electrons. The highest BCUT2D eigenvalue weighted by Gasteiger charge is 2.77. The Morgan fingerprint density at radius 1 is 0.818 bits per heavy atom. The van der Waals surface area contributed by atoms with Gasteiger partial charge in [0.05, 0.1) is 6.61 Å². The summed E-state index contributed by atoms with van der Waals surface area (Å²) in [5.41, 5.74) is 0. The van der Waals surface area contributed by atoms with E-state index in [1.807, 2.05) is 0 Å². The molecule has 0 atom stereocenters. The molecule has 0 aliphatic rings. The molecule has 0 aliphatic heterocycles. The molecule has 0 aliphatic carbocycles. The summed E-state index contributed by atoms with van der Waals surface area (Å²) in [4.78, 5) is 10.8. The molecular formula is C12H16BrF7O2. The van der Waals surface area contributed by atoms with Crippen molar-refractivity contribution >= 4 is 21.9 Å². The number of hydrogen-bond acceptors (Lipinski definition) is 2. The Labute approximate surface area is 131 Å². The fourth-order valence-corrected chi connectivity index (χ4v) is 1.86. The van der Waals surface area contributed by atoms with E-state index in [4.69, 9.17) is 0 Å². The molecule has 0 bridgehead atoms. The molecule has 0 saturated heterocycles. The molecule has 0 N–H and O–H groups in total. The summed E-state index contributed by atoms with van der Waals surface area (Å²) < 4.78 is 90.1. The highest BCUT2D eigenvalue weighted by molar-refractivity contribution is 9.09. The summed E-state index contributed by atoms with van der Waals surface area (Å²) >= 11 is 3.24. The number of rotatable bonds is 10. The van der Waals surface area contributed by atoms with Crippen molar-refractivity contribution in [3.05, 3.63) is 0 Å². The summed E-state index contributed by atoms with van der Waals surface area (Å²) in [5, 5.41) is 0.854. The van der Waals surface area contributed by atoms with Gasteiger partial charge in [0.15, 0.2) is 0 Å². The van der Waals surface area contributed by atoms with Gasteiger partial charge in [0.1, 0.15) is 0 Å². The van der Waals surface area contributed by atoms with E-state index in [1.54, 1.807) is 0 Å². The van der Waals surface area contributed by atoms with Crippen LogP contribution in [0.1, 0.15) is 38.5 Å². The SMILES string of the molecule is O=C(OCCCCCCCCBr)C(F)(F)C(F)(F)C(F)(F)F. The van der Waals surface area contributed by atoms with E-state index < -0.39 is 30.6 Å². The van der Waals surface area contributed by atoms with Crippen LogP contribution in [0.2, 0.25) is 0 Å². The Hall–Kier alpha value is -0.540. The Bertz CT molecular complexity index is 345. The summed E-state index contributed by atoms with van der Waals surface area (Å²) in [6.45, 7) is -0.624. The second kappa shape index (κ2) is 8.93. The van der Waals surface area contributed by atoms with E-state index in [1.165, 1.54) is 0 Å². The van der Waals surface area contributed by atoms with Gasteiger partial charge in [0.25, 0.3) is 0 Å². The molecule has 0 aromatic carbocycles. The molecule has 0 radical (unpaired) electrons. The minimum Gasteiger partial charge on any atom is -0.461 e. The molecule has 0 saturated carbocycles. The van der Waals surface area contributed by atoms with Crippen molar-refractivity contribution in [1.29, 1.82) is 0 Å². The van der Waals surface area contributed by atoms with Crippen LogP contribution in [-0.2, 0) is 9.53 Å². The highest BCUT2D eigenvalue weighted by atomic mass is 79.9. The van der Waals surface area contributed by atoms with Gasteiger partial charge in [0, 0.05) is 5.33 Å². The summed E-state index contributed by atoms with van der Waals surface area (Å²) in [6.07, 6.45) is -2.42. The Morgan fingerprint density at radius 2 is 1.27 bits per heavy atom. The van der Waals surface area contributed by atoms with Gasteiger partial charge >= 0.3 is 24.0 Å². The molecule has 0 unspecified atom stereocenters. The number of alkyl halides is 8. The normalized spacial score (nSPS) is 13.3. The minimum atomic E-state index is -6.54. The van der Waals surface area contributed by atoms with Gasteiger partial charge in [-0.3, -0.25) is 0 Å². The number of halogens is 8. The highest BCUT2D eigenvalue weighted by Crippen LogP contribution is 2.46. The fraction of sp³-hybridized carbons (Fsp3) is 0.917. The first-order valence-corrected chi connectivity index (χ1v) is 7.66. The van der Waals surface area contributed by atoms with Crippen LogP contribution in [0, 0.1) is 0 Å². The van der Waals surface area contributed by atoms with Crippen LogP contribution in [-0.4, -0.2) is 35.9 Å². The van der Waals surface area contributed by atoms with Crippen molar-refractivity contribution < 1.29 is 40.3 Å². The standard InChI is InChI=1S/C12H16BrF7O2/c13-7-5-3-1-2-4-6-8-22-9(21)10(14,15)11(16,17)12(18,19)20/h1-8H2. The average molecular weight is 405 g/mol. The van der Waals surface area contributed by atoms with Crippen molar-refractivity contribution in [1.82, 2.24) is 0 Å². The van der Waals surface area contributed by atoms with Gasteiger partial charge < -0.3 is 4.74 Å². The molecule has 0 heterocycles. The third-order valence-electron chi connectivity index (χ3n) is 2.77. The van der Waals surface area contributed by atoms with Gasteiger partial charge in [-0.05, 0) is 12.8 Å². The van der Waals surface area contributed by atoms with E-state index in [2.05, 4.69) is 20.7 Å². The Morgan fingerprint density at radius 3 is 1.73 bits per heavy atom. The number of carbonyl (C=O) groups excluding carboxylic acids is 1. The lowest BCUT2D eigenvalue weighted by molar-refractivity contribution is -0.348. The predicted molar refractivity (Wildman–Crippen MR) is 68.4 cm³/mol. The number of carbonyl (C=O) groups is 1. The number of esters is 1. The molecule has 0 aromatic heterocycles. The minimum absolute atomic E-state index is 0.119. The van der Waals surface area contributed by atoms with E-state index in [-0.39, 0.29) is 6.42 Å². The zero-order chi connectivity index (χ0) is 17.4. The molecular weight excluding hydrogens is 389 g/mol. The van der Waals surface area contributed by atoms with E-state index in [9.17, 15) is 35.5 Å². The molecule has 0 aromatic rings. The molecule has 2 nitrogen and oxygen atoms in total. The maximum atomic E-state index is 12.9. The molecule has 22 heavy (non-hydrogen) atoms. The van der Waals surface area contributed by atoms with Gasteiger partial charge in [-0.15, -0.1) is 0 Å². The first-order chi connectivity index (χ1) is 9.98. The van der Waals surface area contributed by atoms with E-state index in [0.717, 1.165) is 31.0 Å². The van der Waals surface area contributed by atoms with Gasteiger partial charge in [-0.2, -0.15) is 30.7 Å². The fourth-order valence-electron chi connectivity index (χ4n) is 1.47. The Kier molecular flexibility index (Phi) is 8.71.